The predicted octanol–water partition coefficient (Wildman–Crippen LogP) is 3.89. The summed E-state index contributed by atoms with van der Waals surface area (Å²) in [4.78, 5) is 16.2. The van der Waals surface area contributed by atoms with Gasteiger partial charge in [-0.25, -0.2) is 9.78 Å². The van der Waals surface area contributed by atoms with Crippen LogP contribution in [0.25, 0.3) is 16.6 Å². The number of aromatic nitrogens is 2. The van der Waals surface area contributed by atoms with Gasteiger partial charge in [0.25, 0.3) is 0 Å². The second kappa shape index (κ2) is 6.09. The van der Waals surface area contributed by atoms with E-state index < -0.39 is 0 Å². The van der Waals surface area contributed by atoms with Gasteiger partial charge in [-0.2, -0.15) is 0 Å². The Labute approximate surface area is 144 Å². The van der Waals surface area contributed by atoms with Gasteiger partial charge >= 0.3 is 5.63 Å². The van der Waals surface area contributed by atoms with Crippen molar-refractivity contribution in [3.05, 3.63) is 76.0 Å². The third kappa shape index (κ3) is 3.01. The number of hydrogen-bond acceptors (Lipinski definition) is 4. The standard InChI is InChI=1S/C20H18N2O3/c1-3-14-8-20(23)25-18-9-16(5-6-17(14)18)24-12-15-11-22-10-13(2)4-7-19(22)21-15/h4-11H,3,12H2,1-2H3. The quantitative estimate of drug-likeness (QED) is 0.531. The molecule has 1 aromatic carbocycles. The van der Waals surface area contributed by atoms with Gasteiger partial charge in [-0.15, -0.1) is 0 Å². The summed E-state index contributed by atoms with van der Waals surface area (Å²) >= 11 is 0. The molecule has 0 amide bonds. The van der Waals surface area contributed by atoms with Crippen molar-refractivity contribution in [2.24, 2.45) is 0 Å². The molecule has 0 aliphatic heterocycles. The summed E-state index contributed by atoms with van der Waals surface area (Å²) in [7, 11) is 0. The van der Waals surface area contributed by atoms with Crippen LogP contribution >= 0.6 is 0 Å². The molecule has 25 heavy (non-hydrogen) atoms. The molecule has 0 atom stereocenters. The maximum atomic E-state index is 11.7. The molecular weight excluding hydrogens is 316 g/mol. The molecule has 3 heterocycles. The van der Waals surface area contributed by atoms with Crippen molar-refractivity contribution in [2.45, 2.75) is 26.9 Å². The van der Waals surface area contributed by atoms with Crippen molar-refractivity contribution in [1.29, 1.82) is 0 Å². The Kier molecular flexibility index (Phi) is 3.76. The number of imidazole rings is 1. The topological polar surface area (TPSA) is 56.7 Å². The third-order valence-electron chi connectivity index (χ3n) is 4.22. The first kappa shape index (κ1) is 15.4. The maximum absolute atomic E-state index is 11.7. The van der Waals surface area contributed by atoms with Crippen molar-refractivity contribution in [3.8, 4) is 5.75 Å². The number of pyridine rings is 1. The Hall–Kier alpha value is -3.08. The minimum absolute atomic E-state index is 0.336. The molecule has 5 heteroatoms. The average Bonchev–Trinajstić information content (AvgIpc) is 3.00. The van der Waals surface area contributed by atoms with Gasteiger partial charge in [0.1, 0.15) is 23.6 Å². The molecule has 4 aromatic rings. The van der Waals surface area contributed by atoms with Crippen molar-refractivity contribution in [2.75, 3.05) is 0 Å². The molecule has 0 fully saturated rings. The number of fused-ring (bicyclic) bond motifs is 2. The summed E-state index contributed by atoms with van der Waals surface area (Å²) < 4.78 is 13.1. The van der Waals surface area contributed by atoms with Crippen LogP contribution in [0.5, 0.6) is 5.75 Å². The Morgan fingerprint density at radius 3 is 2.88 bits per heavy atom. The lowest BCUT2D eigenvalue weighted by atomic mass is 10.1. The summed E-state index contributed by atoms with van der Waals surface area (Å²) in [6.07, 6.45) is 4.77. The zero-order valence-electron chi connectivity index (χ0n) is 14.2. The van der Waals surface area contributed by atoms with Crippen LogP contribution < -0.4 is 10.4 Å². The third-order valence-corrected chi connectivity index (χ3v) is 4.22. The fraction of sp³-hybridized carbons (Fsp3) is 0.200. The SMILES string of the molecule is CCc1cc(=O)oc2cc(OCc3cn4cc(C)ccc4n3)ccc12. The highest BCUT2D eigenvalue weighted by molar-refractivity contribution is 5.81. The van der Waals surface area contributed by atoms with Gasteiger partial charge in [0.05, 0.1) is 5.69 Å². The zero-order valence-corrected chi connectivity index (χ0v) is 14.2. The van der Waals surface area contributed by atoms with Gasteiger partial charge in [0, 0.05) is 29.9 Å². The molecule has 5 nitrogen and oxygen atoms in total. The number of nitrogens with zero attached hydrogens (tertiary/aromatic N) is 2. The molecule has 0 radical (unpaired) electrons. The molecule has 0 aliphatic carbocycles. The number of aryl methyl sites for hydroxylation is 2. The highest BCUT2D eigenvalue weighted by Crippen LogP contribution is 2.23. The average molecular weight is 334 g/mol. The van der Waals surface area contributed by atoms with Crippen LogP contribution in [0.4, 0.5) is 0 Å². The monoisotopic (exact) mass is 334 g/mol. The summed E-state index contributed by atoms with van der Waals surface area (Å²) in [5, 5.41) is 0.942. The van der Waals surface area contributed by atoms with Crippen LogP contribution in [-0.4, -0.2) is 9.38 Å². The second-order valence-electron chi connectivity index (χ2n) is 6.10. The molecule has 0 bridgehead atoms. The Bertz CT molecular complexity index is 1120. The van der Waals surface area contributed by atoms with E-state index in [1.165, 1.54) is 5.56 Å². The predicted molar refractivity (Wildman–Crippen MR) is 96.1 cm³/mol. The number of hydrogen-bond donors (Lipinski definition) is 0. The fourth-order valence-corrected chi connectivity index (χ4v) is 2.97. The smallest absolute Gasteiger partial charge is 0.336 e. The molecule has 0 saturated carbocycles. The Balaban J connectivity index is 1.60. The van der Waals surface area contributed by atoms with Crippen molar-refractivity contribution >= 4 is 16.6 Å². The van der Waals surface area contributed by atoms with Crippen molar-refractivity contribution < 1.29 is 9.15 Å². The van der Waals surface area contributed by atoms with E-state index in [0.29, 0.717) is 17.9 Å². The molecule has 0 saturated heterocycles. The second-order valence-corrected chi connectivity index (χ2v) is 6.10. The number of rotatable bonds is 4. The lowest BCUT2D eigenvalue weighted by Crippen LogP contribution is -2.00. The van der Waals surface area contributed by atoms with Gasteiger partial charge in [0.2, 0.25) is 0 Å². The lowest BCUT2D eigenvalue weighted by Gasteiger charge is -2.07. The summed E-state index contributed by atoms with van der Waals surface area (Å²) in [6, 6.07) is 11.1. The fourth-order valence-electron chi connectivity index (χ4n) is 2.97. The highest BCUT2D eigenvalue weighted by atomic mass is 16.5. The summed E-state index contributed by atoms with van der Waals surface area (Å²) in [5.41, 5.74) is 4.10. The van der Waals surface area contributed by atoms with Gasteiger partial charge in [-0.3, -0.25) is 0 Å². The molecule has 0 aliphatic rings. The Morgan fingerprint density at radius 2 is 2.04 bits per heavy atom. The minimum atomic E-state index is -0.336. The van der Waals surface area contributed by atoms with Crippen LogP contribution in [0.15, 0.2) is 58.0 Å². The van der Waals surface area contributed by atoms with Crippen LogP contribution in [0, 0.1) is 6.92 Å². The van der Waals surface area contributed by atoms with Crippen LogP contribution in [0.2, 0.25) is 0 Å². The van der Waals surface area contributed by atoms with Gasteiger partial charge in [-0.1, -0.05) is 13.0 Å². The molecule has 4 rings (SSSR count). The molecule has 0 N–H and O–H groups in total. The maximum Gasteiger partial charge on any atom is 0.336 e. The van der Waals surface area contributed by atoms with E-state index in [9.17, 15) is 4.79 Å². The highest BCUT2D eigenvalue weighted by Gasteiger charge is 2.07. The summed E-state index contributed by atoms with van der Waals surface area (Å²) in [5.74, 6) is 0.650. The number of ether oxygens (including phenoxy) is 1. The lowest BCUT2D eigenvalue weighted by molar-refractivity contribution is 0.302. The molecule has 0 spiro atoms. The minimum Gasteiger partial charge on any atom is -0.487 e. The van der Waals surface area contributed by atoms with E-state index >= 15 is 0 Å². The molecule has 0 unspecified atom stereocenters. The first-order chi connectivity index (χ1) is 12.1. The molecule has 3 aromatic heterocycles. The van der Waals surface area contributed by atoms with Gasteiger partial charge < -0.3 is 13.6 Å². The zero-order chi connectivity index (χ0) is 17.4. The van der Waals surface area contributed by atoms with Crippen molar-refractivity contribution in [3.63, 3.8) is 0 Å². The van der Waals surface area contributed by atoms with Crippen LogP contribution in [0.3, 0.4) is 0 Å². The number of benzene rings is 1. The molecular formula is C20H18N2O3. The van der Waals surface area contributed by atoms with Crippen LogP contribution in [-0.2, 0) is 13.0 Å². The summed E-state index contributed by atoms with van der Waals surface area (Å²) in [6.45, 7) is 4.41. The van der Waals surface area contributed by atoms with Gasteiger partial charge in [-0.05, 0) is 42.7 Å². The van der Waals surface area contributed by atoms with Crippen LogP contribution in [0.1, 0.15) is 23.7 Å². The van der Waals surface area contributed by atoms with E-state index in [-0.39, 0.29) is 5.63 Å². The van der Waals surface area contributed by atoms with Gasteiger partial charge in [0.15, 0.2) is 0 Å². The van der Waals surface area contributed by atoms with E-state index in [2.05, 4.69) is 4.98 Å². The van der Waals surface area contributed by atoms with E-state index in [1.807, 2.05) is 54.9 Å². The van der Waals surface area contributed by atoms with E-state index in [4.69, 9.17) is 9.15 Å². The Morgan fingerprint density at radius 1 is 1.16 bits per heavy atom. The largest absolute Gasteiger partial charge is 0.487 e. The molecule has 126 valence electrons. The first-order valence-corrected chi connectivity index (χ1v) is 8.26. The van der Waals surface area contributed by atoms with Crippen molar-refractivity contribution in [1.82, 2.24) is 9.38 Å². The van der Waals surface area contributed by atoms with E-state index in [1.54, 1.807) is 12.1 Å². The normalized spacial score (nSPS) is 11.3. The van der Waals surface area contributed by atoms with E-state index in [0.717, 1.165) is 28.7 Å². The first-order valence-electron chi connectivity index (χ1n) is 8.26.